The van der Waals surface area contributed by atoms with Crippen molar-refractivity contribution in [3.63, 3.8) is 0 Å². The van der Waals surface area contributed by atoms with E-state index in [1.54, 1.807) is 0 Å². The van der Waals surface area contributed by atoms with Crippen LogP contribution < -0.4 is 10.8 Å². The summed E-state index contributed by atoms with van der Waals surface area (Å²) in [7, 11) is 5.04. The van der Waals surface area contributed by atoms with E-state index in [1.807, 2.05) is 0 Å². The Balaban J connectivity index is 3.15. The number of rotatable bonds is 4. The third kappa shape index (κ3) is 5.86. The Labute approximate surface area is 58.8 Å². The van der Waals surface area contributed by atoms with Crippen LogP contribution in [-0.4, -0.2) is 14.0 Å². The highest BCUT2D eigenvalue weighted by Gasteiger charge is 2.00. The van der Waals surface area contributed by atoms with Crippen LogP contribution in [0.25, 0.3) is 0 Å². The molecule has 0 aromatic rings. The van der Waals surface area contributed by atoms with Crippen LogP contribution in [0.4, 0.5) is 0 Å². The van der Waals surface area contributed by atoms with Crippen LogP contribution in [0.1, 0.15) is 27.2 Å². The molecular formula is C6H15BN2. The van der Waals surface area contributed by atoms with Gasteiger partial charge in [-0.25, -0.2) is 0 Å². The van der Waals surface area contributed by atoms with Crippen molar-refractivity contribution in [1.29, 1.82) is 0 Å². The first-order valence-electron chi connectivity index (χ1n) is 3.38. The van der Waals surface area contributed by atoms with Gasteiger partial charge in [-0.1, -0.05) is 13.8 Å². The van der Waals surface area contributed by atoms with Crippen molar-refractivity contribution in [3.8, 4) is 0 Å². The molecule has 0 unspecified atom stereocenters. The van der Waals surface area contributed by atoms with Crippen LogP contribution in [0.15, 0.2) is 0 Å². The number of nitrogens with one attached hydrogen (secondary N) is 2. The highest BCUT2D eigenvalue weighted by molar-refractivity contribution is 6.03. The molecule has 2 N–H and O–H groups in total. The van der Waals surface area contributed by atoms with Crippen LogP contribution >= 0.6 is 0 Å². The minimum Gasteiger partial charge on any atom is -0.311 e. The van der Waals surface area contributed by atoms with Gasteiger partial charge in [-0.15, -0.1) is 0 Å². The summed E-state index contributed by atoms with van der Waals surface area (Å²) in [5.74, 6) is 0.723. The van der Waals surface area contributed by atoms with Gasteiger partial charge in [0.05, 0.1) is 0 Å². The molecule has 0 aliphatic carbocycles. The first-order valence-corrected chi connectivity index (χ1v) is 3.38. The summed E-state index contributed by atoms with van der Waals surface area (Å²) in [5.41, 5.74) is 2.90. The summed E-state index contributed by atoms with van der Waals surface area (Å²) in [5, 5.41) is 2.42. The fourth-order valence-corrected chi connectivity index (χ4v) is 0.908. The predicted octanol–water partition coefficient (Wildman–Crippen LogP) is 0.599. The number of hydrazine groups is 1. The van der Waals surface area contributed by atoms with Gasteiger partial charge < -0.3 is 5.34 Å². The molecular weight excluding hydrogens is 111 g/mol. The maximum absolute atomic E-state index is 5.04. The van der Waals surface area contributed by atoms with Crippen LogP contribution in [0, 0.1) is 5.92 Å². The molecule has 0 aromatic heterocycles. The van der Waals surface area contributed by atoms with Gasteiger partial charge >= 0.3 is 0 Å². The molecule has 1 atom stereocenters. The lowest BCUT2D eigenvalue weighted by molar-refractivity contribution is 0.433. The highest BCUT2D eigenvalue weighted by atomic mass is 15.3. The monoisotopic (exact) mass is 126 g/mol. The second kappa shape index (κ2) is 4.83. The minimum absolute atomic E-state index is 0.454. The molecule has 0 aliphatic heterocycles. The van der Waals surface area contributed by atoms with Crippen molar-refractivity contribution in [2.75, 3.05) is 0 Å². The van der Waals surface area contributed by atoms with Gasteiger partial charge in [0.15, 0.2) is 0 Å². The van der Waals surface area contributed by atoms with E-state index in [0.29, 0.717) is 6.04 Å². The maximum atomic E-state index is 5.04. The fourth-order valence-electron chi connectivity index (χ4n) is 0.908. The molecule has 0 rings (SSSR count). The Morgan fingerprint density at radius 3 is 2.22 bits per heavy atom. The van der Waals surface area contributed by atoms with Crippen molar-refractivity contribution in [2.24, 2.45) is 5.92 Å². The zero-order chi connectivity index (χ0) is 7.28. The number of hydrogen-bond acceptors (Lipinski definition) is 2. The van der Waals surface area contributed by atoms with Crippen molar-refractivity contribution in [2.45, 2.75) is 33.2 Å². The summed E-state index contributed by atoms with van der Waals surface area (Å²) < 4.78 is 0. The summed E-state index contributed by atoms with van der Waals surface area (Å²) in [6, 6.07) is 0.454. The SMILES string of the molecule is [B]NN[C@@H](C)CC(C)C. The van der Waals surface area contributed by atoms with Crippen molar-refractivity contribution in [1.82, 2.24) is 10.8 Å². The Kier molecular flexibility index (Phi) is 4.82. The molecule has 3 heteroatoms. The predicted molar refractivity (Wildman–Crippen MR) is 40.9 cm³/mol. The van der Waals surface area contributed by atoms with E-state index in [4.69, 9.17) is 7.98 Å². The van der Waals surface area contributed by atoms with E-state index in [-0.39, 0.29) is 0 Å². The van der Waals surface area contributed by atoms with Gasteiger partial charge in [-0.05, 0) is 19.3 Å². The third-order valence-corrected chi connectivity index (χ3v) is 1.15. The summed E-state index contributed by atoms with van der Waals surface area (Å²) >= 11 is 0. The Morgan fingerprint density at radius 1 is 1.33 bits per heavy atom. The molecule has 9 heavy (non-hydrogen) atoms. The Bertz CT molecular complexity index is 66.1. The molecule has 0 spiro atoms. The molecule has 0 heterocycles. The summed E-state index contributed by atoms with van der Waals surface area (Å²) in [6.45, 7) is 6.48. The molecule has 0 saturated carbocycles. The van der Waals surface area contributed by atoms with Crippen LogP contribution in [0.3, 0.4) is 0 Å². The first kappa shape index (κ1) is 8.98. The Hall–Kier alpha value is -0.0151. The lowest BCUT2D eigenvalue weighted by Gasteiger charge is -2.14. The Morgan fingerprint density at radius 2 is 1.89 bits per heavy atom. The molecule has 0 fully saturated rings. The molecule has 0 saturated heterocycles. The largest absolute Gasteiger partial charge is 0.311 e. The highest BCUT2D eigenvalue weighted by Crippen LogP contribution is 2.02. The van der Waals surface area contributed by atoms with E-state index in [1.165, 1.54) is 0 Å². The van der Waals surface area contributed by atoms with Gasteiger partial charge in [0.2, 0.25) is 7.98 Å². The smallest absolute Gasteiger partial charge is 0.201 e. The van der Waals surface area contributed by atoms with Crippen LogP contribution in [0.5, 0.6) is 0 Å². The third-order valence-electron chi connectivity index (χ3n) is 1.15. The fraction of sp³-hybridized carbons (Fsp3) is 1.00. The topological polar surface area (TPSA) is 24.1 Å². The zero-order valence-electron chi connectivity index (χ0n) is 6.44. The molecule has 2 radical (unpaired) electrons. The molecule has 0 bridgehead atoms. The van der Waals surface area contributed by atoms with E-state index in [2.05, 4.69) is 31.5 Å². The molecule has 2 nitrogen and oxygen atoms in total. The van der Waals surface area contributed by atoms with E-state index in [0.717, 1.165) is 12.3 Å². The van der Waals surface area contributed by atoms with Gasteiger partial charge in [0, 0.05) is 6.04 Å². The van der Waals surface area contributed by atoms with Crippen LogP contribution in [0.2, 0.25) is 0 Å². The maximum Gasteiger partial charge on any atom is 0.201 e. The molecule has 52 valence electrons. The van der Waals surface area contributed by atoms with Crippen LogP contribution in [-0.2, 0) is 0 Å². The van der Waals surface area contributed by atoms with Gasteiger partial charge in [0.25, 0.3) is 0 Å². The molecule has 0 amide bonds. The van der Waals surface area contributed by atoms with Gasteiger partial charge in [-0.3, -0.25) is 5.43 Å². The van der Waals surface area contributed by atoms with Gasteiger partial charge in [0.1, 0.15) is 0 Å². The van der Waals surface area contributed by atoms with E-state index in [9.17, 15) is 0 Å². The normalized spacial score (nSPS) is 14.2. The average Bonchev–Trinajstić information content (AvgIpc) is 1.63. The van der Waals surface area contributed by atoms with E-state index >= 15 is 0 Å². The molecule has 0 aromatic carbocycles. The standard InChI is InChI=1S/C6H15BN2/c1-5(2)4-6(3)8-9-7/h5-6,8-9H,4H2,1-3H3/t6-/m0/s1. The van der Waals surface area contributed by atoms with Crippen molar-refractivity contribution >= 4 is 7.98 Å². The average molecular weight is 126 g/mol. The zero-order valence-corrected chi connectivity index (χ0v) is 6.44. The lowest BCUT2D eigenvalue weighted by atomic mass is 10.1. The van der Waals surface area contributed by atoms with Gasteiger partial charge in [-0.2, -0.15) is 0 Å². The quantitative estimate of drug-likeness (QED) is 0.425. The number of hydrogen-bond donors (Lipinski definition) is 2. The minimum atomic E-state index is 0.454. The summed E-state index contributed by atoms with van der Waals surface area (Å²) in [6.07, 6.45) is 1.14. The summed E-state index contributed by atoms with van der Waals surface area (Å²) in [4.78, 5) is 0. The second-order valence-corrected chi connectivity index (χ2v) is 2.82. The molecule has 0 aliphatic rings. The second-order valence-electron chi connectivity index (χ2n) is 2.82. The lowest BCUT2D eigenvalue weighted by Crippen LogP contribution is -2.37. The first-order chi connectivity index (χ1) is 4.16. The van der Waals surface area contributed by atoms with E-state index < -0.39 is 0 Å². The van der Waals surface area contributed by atoms with Crippen molar-refractivity contribution < 1.29 is 0 Å². The van der Waals surface area contributed by atoms with Crippen molar-refractivity contribution in [3.05, 3.63) is 0 Å².